The number of fused-ring (bicyclic) bond motifs is 6. The molecule has 2 heterocycles. The van der Waals surface area contributed by atoms with Crippen molar-refractivity contribution in [1.82, 2.24) is 15.1 Å². The number of carbonyl (C=O) groups is 3. The molecule has 8 nitrogen and oxygen atoms in total. The van der Waals surface area contributed by atoms with Gasteiger partial charge in [0, 0.05) is 42.5 Å². The Morgan fingerprint density at radius 3 is 2.43 bits per heavy atom. The number of halogens is 7. The van der Waals surface area contributed by atoms with Crippen LogP contribution in [0.2, 0.25) is 0 Å². The average molecular weight is 720 g/mol. The smallest absolute Gasteiger partial charge is 0.416 e. The Morgan fingerprint density at radius 2 is 1.80 bits per heavy atom. The number of ether oxygens (including phenoxy) is 1. The van der Waals surface area contributed by atoms with E-state index in [1.165, 1.54) is 25.1 Å². The lowest BCUT2D eigenvalue weighted by molar-refractivity contribution is -0.138. The van der Waals surface area contributed by atoms with Crippen LogP contribution in [-0.2, 0) is 14.4 Å². The molecule has 2 aliphatic heterocycles. The van der Waals surface area contributed by atoms with Crippen molar-refractivity contribution in [2.24, 2.45) is 0 Å². The Bertz CT molecular complexity index is 1910. The quantitative estimate of drug-likeness (QED) is 0.136. The second-order valence-corrected chi connectivity index (χ2v) is 12.2. The van der Waals surface area contributed by atoms with E-state index in [-0.39, 0.29) is 66.2 Å². The molecule has 2 amide bonds. The van der Waals surface area contributed by atoms with Crippen LogP contribution in [0.4, 0.5) is 30.7 Å². The molecule has 1 saturated heterocycles. The molecule has 2 aliphatic rings. The summed E-state index contributed by atoms with van der Waals surface area (Å²) in [4.78, 5) is 41.0. The number of carbonyl (C=O) groups excluding carboxylic acids is 2. The van der Waals surface area contributed by atoms with Gasteiger partial charge < -0.3 is 20.1 Å². The Balaban J connectivity index is 1.72. The first-order valence-electron chi connectivity index (χ1n) is 15.7. The van der Waals surface area contributed by atoms with E-state index in [4.69, 9.17) is 4.74 Å². The Hall–Kier alpha value is -5.18. The fourth-order valence-electron chi connectivity index (χ4n) is 6.16. The predicted molar refractivity (Wildman–Crippen MR) is 171 cm³/mol. The summed E-state index contributed by atoms with van der Waals surface area (Å²) in [6, 6.07) is 5.23. The summed E-state index contributed by atoms with van der Waals surface area (Å²) in [5.41, 5.74) is -2.35. The third-order valence-electron chi connectivity index (χ3n) is 8.62. The normalized spacial score (nSPS) is 18.6. The molecular formula is C36H32F7N3O5. The number of rotatable bonds is 9. The fraction of sp³-hybridized carbons (Fsp3) is 0.306. The van der Waals surface area contributed by atoms with E-state index in [0.29, 0.717) is 4.90 Å². The summed E-state index contributed by atoms with van der Waals surface area (Å²) in [6.45, 7) is 2.40. The van der Waals surface area contributed by atoms with Gasteiger partial charge in [-0.15, -0.1) is 0 Å². The Kier molecular flexibility index (Phi) is 10.9. The molecule has 0 radical (unpaired) electrons. The molecule has 0 aromatic heterocycles. The summed E-state index contributed by atoms with van der Waals surface area (Å²) in [6.07, 6.45) is -5.88. The second-order valence-electron chi connectivity index (χ2n) is 12.2. The van der Waals surface area contributed by atoms with Gasteiger partial charge in [0.15, 0.2) is 0 Å². The molecule has 15 heteroatoms. The van der Waals surface area contributed by atoms with Crippen LogP contribution in [0.5, 0.6) is 11.5 Å². The van der Waals surface area contributed by atoms with Gasteiger partial charge in [0.25, 0.3) is 0 Å². The molecule has 0 aliphatic carbocycles. The van der Waals surface area contributed by atoms with Crippen molar-refractivity contribution in [2.75, 3.05) is 19.6 Å². The van der Waals surface area contributed by atoms with E-state index < -0.39 is 76.9 Å². The largest absolute Gasteiger partial charge is 0.481 e. The molecule has 270 valence electrons. The minimum atomic E-state index is -4.93. The standard InChI is InChI=1S/C36H32F7N3O5/c1-3-28(36(41,42)43)20(8-9-45-16-23(38)17-45)15-46(18-47)34-26-13-24(5-6-29(26)39)51-31-7-4-22(37)12-25(31)21-10-19(2)33(40)27(11-21)30(14-32(48)49)44-35(34)50/h3-7,10-13,15,18,23,30,34H,8-9,14,16-17H2,1-2H3,(H,44,50)(H,48,49)/b20-15-,28-3+/t30-,34?/m0/s1. The number of amides is 2. The molecule has 51 heavy (non-hydrogen) atoms. The number of benzene rings is 3. The maximum atomic E-state index is 15.8. The molecule has 2 atom stereocenters. The number of aryl methyl sites for hydroxylation is 1. The molecule has 3 aromatic carbocycles. The number of carboxylic acids is 1. The van der Waals surface area contributed by atoms with E-state index in [0.717, 1.165) is 49.5 Å². The van der Waals surface area contributed by atoms with Crippen LogP contribution in [0.3, 0.4) is 0 Å². The van der Waals surface area contributed by atoms with Crippen molar-refractivity contribution in [3.05, 3.63) is 106 Å². The zero-order chi connectivity index (χ0) is 37.2. The lowest BCUT2D eigenvalue weighted by atomic mass is 9.93. The SMILES string of the molecule is C/C=C(\C(=C/N(C=O)C1C(=O)N[C@@H](CC(=O)O)c2cc(cc(C)c2F)-c2cc(F)ccc2Oc2ccc(F)c1c2)CCN1CC(F)C1)C(F)(F)F. The molecule has 4 bridgehead atoms. The van der Waals surface area contributed by atoms with Gasteiger partial charge in [-0.25, -0.2) is 17.6 Å². The highest BCUT2D eigenvalue weighted by Crippen LogP contribution is 2.40. The van der Waals surface area contributed by atoms with Crippen molar-refractivity contribution in [3.63, 3.8) is 0 Å². The van der Waals surface area contributed by atoms with Gasteiger partial charge in [0.1, 0.15) is 41.2 Å². The highest BCUT2D eigenvalue weighted by Gasteiger charge is 2.38. The first-order valence-corrected chi connectivity index (χ1v) is 15.7. The highest BCUT2D eigenvalue weighted by atomic mass is 19.4. The molecule has 0 saturated carbocycles. The van der Waals surface area contributed by atoms with E-state index in [9.17, 15) is 41.4 Å². The molecule has 1 fully saturated rings. The Labute approximate surface area is 287 Å². The van der Waals surface area contributed by atoms with Gasteiger partial charge in [-0.3, -0.25) is 19.3 Å². The van der Waals surface area contributed by atoms with E-state index in [2.05, 4.69) is 5.32 Å². The van der Waals surface area contributed by atoms with Crippen molar-refractivity contribution in [2.45, 2.75) is 51.1 Å². The van der Waals surface area contributed by atoms with Crippen molar-refractivity contribution in [1.29, 1.82) is 0 Å². The van der Waals surface area contributed by atoms with Gasteiger partial charge in [-0.05, 0) is 85.5 Å². The number of aliphatic carboxylic acids is 1. The first kappa shape index (κ1) is 37.1. The van der Waals surface area contributed by atoms with Crippen LogP contribution in [0.25, 0.3) is 11.1 Å². The van der Waals surface area contributed by atoms with Crippen LogP contribution in [0, 0.1) is 24.4 Å². The van der Waals surface area contributed by atoms with Crippen molar-refractivity contribution < 1.29 is 55.0 Å². The molecule has 2 N–H and O–H groups in total. The zero-order valence-corrected chi connectivity index (χ0v) is 27.2. The number of hydrogen-bond donors (Lipinski definition) is 2. The number of nitrogens with one attached hydrogen (secondary N) is 1. The summed E-state index contributed by atoms with van der Waals surface area (Å²) in [5.74, 6) is -5.64. The summed E-state index contributed by atoms with van der Waals surface area (Å²) in [5, 5.41) is 12.1. The summed E-state index contributed by atoms with van der Waals surface area (Å²) < 4.78 is 108. The minimum absolute atomic E-state index is 0.00415. The number of carboxylic acid groups (broad SMARTS) is 1. The molecule has 0 spiro atoms. The monoisotopic (exact) mass is 719 g/mol. The maximum Gasteiger partial charge on any atom is 0.416 e. The third kappa shape index (κ3) is 8.25. The van der Waals surface area contributed by atoms with Gasteiger partial charge in [-0.2, -0.15) is 13.2 Å². The van der Waals surface area contributed by atoms with Crippen molar-refractivity contribution >= 4 is 18.3 Å². The lowest BCUT2D eigenvalue weighted by Crippen LogP contribution is -2.48. The predicted octanol–water partition coefficient (Wildman–Crippen LogP) is 7.45. The number of nitrogens with zero attached hydrogens (tertiary/aromatic N) is 2. The topological polar surface area (TPSA) is 99.2 Å². The number of alkyl halides is 4. The number of likely N-dealkylation sites (tertiary alicyclic amines) is 1. The van der Waals surface area contributed by atoms with E-state index in [1.807, 2.05) is 0 Å². The summed E-state index contributed by atoms with van der Waals surface area (Å²) in [7, 11) is 0. The van der Waals surface area contributed by atoms with Gasteiger partial charge >= 0.3 is 12.1 Å². The van der Waals surface area contributed by atoms with E-state index >= 15 is 8.78 Å². The van der Waals surface area contributed by atoms with Crippen LogP contribution < -0.4 is 10.1 Å². The first-order chi connectivity index (χ1) is 24.1. The number of hydrogen-bond acceptors (Lipinski definition) is 5. The van der Waals surface area contributed by atoms with Gasteiger partial charge in [0.05, 0.1) is 18.0 Å². The van der Waals surface area contributed by atoms with Gasteiger partial charge in [0.2, 0.25) is 12.3 Å². The average Bonchev–Trinajstić information content (AvgIpc) is 3.04. The van der Waals surface area contributed by atoms with Crippen LogP contribution in [0.1, 0.15) is 48.5 Å². The third-order valence-corrected chi connectivity index (χ3v) is 8.62. The lowest BCUT2D eigenvalue weighted by Gasteiger charge is -2.35. The number of allylic oxidation sites excluding steroid dienone is 2. The van der Waals surface area contributed by atoms with Crippen molar-refractivity contribution in [3.8, 4) is 22.6 Å². The van der Waals surface area contributed by atoms with Crippen LogP contribution in [-0.4, -0.2) is 65.2 Å². The zero-order valence-electron chi connectivity index (χ0n) is 27.2. The van der Waals surface area contributed by atoms with Crippen LogP contribution >= 0.6 is 0 Å². The van der Waals surface area contributed by atoms with Gasteiger partial charge in [-0.1, -0.05) is 6.08 Å². The Morgan fingerprint density at radius 1 is 1.08 bits per heavy atom. The molecule has 3 aromatic rings. The minimum Gasteiger partial charge on any atom is -0.481 e. The molecule has 5 rings (SSSR count). The molecule has 1 unspecified atom stereocenters. The second kappa shape index (κ2) is 15.0. The summed E-state index contributed by atoms with van der Waals surface area (Å²) >= 11 is 0. The molecular weight excluding hydrogens is 687 g/mol. The highest BCUT2D eigenvalue weighted by molar-refractivity contribution is 5.87. The fourth-order valence-corrected chi connectivity index (χ4v) is 6.16. The van der Waals surface area contributed by atoms with Crippen LogP contribution in [0.15, 0.2) is 72.0 Å². The maximum absolute atomic E-state index is 15.8. The van der Waals surface area contributed by atoms with E-state index in [1.54, 1.807) is 4.90 Å².